The first-order chi connectivity index (χ1) is 7.48. The number of halogens is 3. The minimum atomic E-state index is -4.50. The molecule has 1 aromatic heterocycles. The van der Waals surface area contributed by atoms with Crippen molar-refractivity contribution in [2.75, 3.05) is 6.54 Å². The van der Waals surface area contributed by atoms with Crippen LogP contribution in [0.2, 0.25) is 0 Å². The van der Waals surface area contributed by atoms with E-state index in [4.69, 9.17) is 4.42 Å². The summed E-state index contributed by atoms with van der Waals surface area (Å²) in [6.45, 7) is 2.36. The van der Waals surface area contributed by atoms with Crippen LogP contribution in [0.3, 0.4) is 0 Å². The summed E-state index contributed by atoms with van der Waals surface area (Å²) >= 11 is 0. The van der Waals surface area contributed by atoms with Gasteiger partial charge in [-0.15, -0.1) is 0 Å². The van der Waals surface area contributed by atoms with Crippen molar-refractivity contribution >= 4 is 0 Å². The summed E-state index contributed by atoms with van der Waals surface area (Å²) in [5.41, 5.74) is 0.326. The van der Waals surface area contributed by atoms with E-state index in [9.17, 15) is 13.2 Å². The van der Waals surface area contributed by atoms with E-state index >= 15 is 0 Å². The maximum atomic E-state index is 12.4. The van der Waals surface area contributed by atoms with E-state index in [2.05, 4.69) is 10.3 Å². The van der Waals surface area contributed by atoms with Crippen LogP contribution in [0.4, 0.5) is 13.2 Å². The maximum absolute atomic E-state index is 12.4. The second kappa shape index (κ2) is 4.08. The van der Waals surface area contributed by atoms with E-state index in [1.807, 2.05) is 0 Å². The van der Waals surface area contributed by atoms with Gasteiger partial charge >= 0.3 is 12.1 Å². The summed E-state index contributed by atoms with van der Waals surface area (Å²) < 4.78 is 41.9. The van der Waals surface area contributed by atoms with Gasteiger partial charge in [0.1, 0.15) is 5.76 Å². The van der Waals surface area contributed by atoms with Crippen LogP contribution in [0.25, 0.3) is 0 Å². The molecular formula is C10H13F3N2O. The number of hydrogen-bond acceptors (Lipinski definition) is 3. The van der Waals surface area contributed by atoms with Gasteiger partial charge in [0.05, 0.1) is 11.7 Å². The Hall–Kier alpha value is -1.04. The molecule has 1 atom stereocenters. The summed E-state index contributed by atoms with van der Waals surface area (Å²) in [6, 6.07) is -0.127. The van der Waals surface area contributed by atoms with E-state index in [-0.39, 0.29) is 6.04 Å². The third kappa shape index (κ3) is 2.21. The van der Waals surface area contributed by atoms with E-state index < -0.39 is 12.1 Å². The number of oxazole rings is 1. The quantitative estimate of drug-likeness (QED) is 0.811. The van der Waals surface area contributed by atoms with Crippen LogP contribution in [0, 0.1) is 6.92 Å². The number of aromatic nitrogens is 1. The molecule has 0 saturated carbocycles. The smallest absolute Gasteiger partial charge is 0.436 e. The van der Waals surface area contributed by atoms with Crippen LogP contribution in [0.15, 0.2) is 4.42 Å². The van der Waals surface area contributed by atoms with E-state index in [1.54, 1.807) is 6.92 Å². The number of hydrogen-bond donors (Lipinski definition) is 1. The van der Waals surface area contributed by atoms with Crippen molar-refractivity contribution in [3.63, 3.8) is 0 Å². The highest BCUT2D eigenvalue weighted by atomic mass is 19.4. The molecule has 90 valence electrons. The molecule has 0 amide bonds. The number of aryl methyl sites for hydroxylation is 1. The zero-order valence-corrected chi connectivity index (χ0v) is 8.90. The van der Waals surface area contributed by atoms with Gasteiger partial charge in [-0.3, -0.25) is 0 Å². The lowest BCUT2D eigenvalue weighted by Gasteiger charge is -2.21. The molecule has 0 aromatic carbocycles. The van der Waals surface area contributed by atoms with Crippen LogP contribution in [0.5, 0.6) is 0 Å². The highest BCUT2D eigenvalue weighted by Gasteiger charge is 2.39. The minimum Gasteiger partial charge on any atom is -0.436 e. The van der Waals surface area contributed by atoms with Gasteiger partial charge in [-0.2, -0.15) is 13.2 Å². The average Bonchev–Trinajstić information content (AvgIpc) is 2.61. The number of nitrogens with one attached hydrogen (secondary N) is 1. The molecule has 2 heterocycles. The highest BCUT2D eigenvalue weighted by Crippen LogP contribution is 2.33. The van der Waals surface area contributed by atoms with Crippen molar-refractivity contribution in [2.24, 2.45) is 0 Å². The molecule has 0 bridgehead atoms. The lowest BCUT2D eigenvalue weighted by atomic mass is 10.0. The second-order valence-electron chi connectivity index (χ2n) is 3.97. The Labute approximate surface area is 91.0 Å². The minimum absolute atomic E-state index is 0.127. The zero-order chi connectivity index (χ0) is 11.8. The summed E-state index contributed by atoms with van der Waals surface area (Å²) in [4.78, 5) is 3.43. The van der Waals surface area contributed by atoms with Crippen molar-refractivity contribution in [1.82, 2.24) is 10.3 Å². The molecule has 16 heavy (non-hydrogen) atoms. The Balaban J connectivity index is 2.24. The van der Waals surface area contributed by atoms with Crippen molar-refractivity contribution in [3.8, 4) is 0 Å². The lowest BCUT2D eigenvalue weighted by molar-refractivity contribution is -0.157. The molecule has 0 spiro atoms. The molecule has 2 rings (SSSR count). The zero-order valence-electron chi connectivity index (χ0n) is 8.90. The first-order valence-electron chi connectivity index (χ1n) is 5.26. The Bertz CT molecular complexity index is 367. The van der Waals surface area contributed by atoms with Crippen LogP contribution < -0.4 is 5.32 Å². The van der Waals surface area contributed by atoms with Crippen LogP contribution in [-0.2, 0) is 6.18 Å². The van der Waals surface area contributed by atoms with Gasteiger partial charge in [0, 0.05) is 0 Å². The van der Waals surface area contributed by atoms with Gasteiger partial charge in [-0.05, 0) is 26.3 Å². The van der Waals surface area contributed by atoms with Gasteiger partial charge in [0.25, 0.3) is 0 Å². The Morgan fingerprint density at radius 2 is 2.12 bits per heavy atom. The third-order valence-corrected chi connectivity index (χ3v) is 2.70. The molecule has 1 unspecified atom stereocenters. The van der Waals surface area contributed by atoms with Gasteiger partial charge in [0.15, 0.2) is 0 Å². The first-order valence-corrected chi connectivity index (χ1v) is 5.26. The number of nitrogens with zero attached hydrogens (tertiary/aromatic N) is 1. The molecule has 6 heteroatoms. The Morgan fingerprint density at radius 3 is 2.62 bits per heavy atom. The molecule has 1 fully saturated rings. The van der Waals surface area contributed by atoms with Crippen molar-refractivity contribution in [3.05, 3.63) is 17.3 Å². The fourth-order valence-electron chi connectivity index (χ4n) is 1.93. The van der Waals surface area contributed by atoms with E-state index in [0.29, 0.717) is 11.5 Å². The summed E-state index contributed by atoms with van der Waals surface area (Å²) in [5, 5.41) is 3.14. The van der Waals surface area contributed by atoms with Crippen LogP contribution >= 0.6 is 0 Å². The summed E-state index contributed by atoms with van der Waals surface area (Å²) in [6.07, 6.45) is -1.65. The van der Waals surface area contributed by atoms with Crippen molar-refractivity contribution in [2.45, 2.75) is 38.4 Å². The van der Waals surface area contributed by atoms with Crippen LogP contribution in [-0.4, -0.2) is 11.5 Å². The predicted octanol–water partition coefficient (Wildman–Crippen LogP) is 2.82. The van der Waals surface area contributed by atoms with Crippen molar-refractivity contribution in [1.29, 1.82) is 0 Å². The SMILES string of the molecule is Cc1nc(C(F)(F)F)oc1C1CCCCN1. The van der Waals surface area contributed by atoms with Gasteiger partial charge in [0.2, 0.25) is 0 Å². The van der Waals surface area contributed by atoms with Gasteiger partial charge in [-0.25, -0.2) is 4.98 Å². The Morgan fingerprint density at radius 1 is 1.38 bits per heavy atom. The molecule has 0 aliphatic carbocycles. The first kappa shape index (κ1) is 11.4. The topological polar surface area (TPSA) is 38.1 Å². The molecule has 1 N–H and O–H groups in total. The van der Waals surface area contributed by atoms with Gasteiger partial charge in [-0.1, -0.05) is 6.42 Å². The fraction of sp³-hybridized carbons (Fsp3) is 0.700. The van der Waals surface area contributed by atoms with E-state index in [0.717, 1.165) is 25.8 Å². The molecule has 1 aliphatic rings. The monoisotopic (exact) mass is 234 g/mol. The highest BCUT2D eigenvalue weighted by molar-refractivity contribution is 5.14. The molecule has 1 aliphatic heterocycles. The molecule has 0 radical (unpaired) electrons. The van der Waals surface area contributed by atoms with Crippen molar-refractivity contribution < 1.29 is 17.6 Å². The van der Waals surface area contributed by atoms with E-state index in [1.165, 1.54) is 0 Å². The lowest BCUT2D eigenvalue weighted by Crippen LogP contribution is -2.26. The molecule has 3 nitrogen and oxygen atoms in total. The largest absolute Gasteiger partial charge is 0.468 e. The second-order valence-corrected chi connectivity index (χ2v) is 3.97. The number of piperidine rings is 1. The average molecular weight is 234 g/mol. The fourth-order valence-corrected chi connectivity index (χ4v) is 1.93. The third-order valence-electron chi connectivity index (χ3n) is 2.70. The normalized spacial score (nSPS) is 22.4. The molecule has 1 aromatic rings. The number of rotatable bonds is 1. The predicted molar refractivity (Wildman–Crippen MR) is 50.8 cm³/mol. The summed E-state index contributed by atoms with van der Waals surface area (Å²) in [7, 11) is 0. The van der Waals surface area contributed by atoms with Gasteiger partial charge < -0.3 is 9.73 Å². The maximum Gasteiger partial charge on any atom is 0.468 e. The Kier molecular flexibility index (Phi) is 2.92. The summed E-state index contributed by atoms with van der Waals surface area (Å²) in [5.74, 6) is -0.820. The van der Waals surface area contributed by atoms with Crippen LogP contribution in [0.1, 0.15) is 42.6 Å². The molecule has 1 saturated heterocycles. The number of alkyl halides is 3. The molecular weight excluding hydrogens is 221 g/mol. The standard InChI is InChI=1S/C10H13F3N2O/c1-6-8(7-4-2-3-5-14-7)16-9(15-6)10(11,12)13/h7,14H,2-5H2,1H3.